The van der Waals surface area contributed by atoms with Crippen LogP contribution in [0.15, 0.2) is 30.5 Å². The van der Waals surface area contributed by atoms with Gasteiger partial charge in [-0.2, -0.15) is 0 Å². The van der Waals surface area contributed by atoms with Gasteiger partial charge in [0.15, 0.2) is 0 Å². The molecule has 5 nitrogen and oxygen atoms in total. The molecule has 0 spiro atoms. The van der Waals surface area contributed by atoms with Crippen LogP contribution in [0.25, 0.3) is 0 Å². The molecule has 116 valence electrons. The number of anilines is 2. The van der Waals surface area contributed by atoms with Crippen molar-refractivity contribution in [2.45, 2.75) is 19.8 Å². The minimum Gasteiger partial charge on any atom is -0.351 e. The van der Waals surface area contributed by atoms with E-state index in [9.17, 15) is 4.79 Å². The summed E-state index contributed by atoms with van der Waals surface area (Å²) in [5.74, 6) is 0.0299. The monoisotopic (exact) mass is 338 g/mol. The van der Waals surface area contributed by atoms with Gasteiger partial charge in [-0.3, -0.25) is 4.79 Å². The predicted molar refractivity (Wildman–Crippen MR) is 89.0 cm³/mol. The van der Waals surface area contributed by atoms with Gasteiger partial charge in [0.1, 0.15) is 5.69 Å². The molecule has 1 amide bonds. The second-order valence-electron chi connectivity index (χ2n) is 4.60. The average molecular weight is 339 g/mol. The van der Waals surface area contributed by atoms with Crippen molar-refractivity contribution in [3.63, 3.8) is 0 Å². The van der Waals surface area contributed by atoms with Crippen LogP contribution in [-0.2, 0) is 0 Å². The Morgan fingerprint density at radius 1 is 1.23 bits per heavy atom. The van der Waals surface area contributed by atoms with E-state index >= 15 is 0 Å². The number of para-hydroxylation sites is 1. The first-order chi connectivity index (χ1) is 10.6. The molecule has 0 aliphatic heterocycles. The average Bonchev–Trinajstić information content (AvgIpc) is 2.51. The number of aromatic nitrogens is 2. The van der Waals surface area contributed by atoms with Gasteiger partial charge in [0.25, 0.3) is 5.91 Å². The SMILES string of the molecule is CCCCNC(=O)c1ccnc(Nc2c(Cl)cccc2Cl)n1. The van der Waals surface area contributed by atoms with Crippen molar-refractivity contribution >= 4 is 40.7 Å². The molecule has 0 aliphatic carbocycles. The first-order valence-corrected chi connectivity index (χ1v) is 7.69. The largest absolute Gasteiger partial charge is 0.351 e. The van der Waals surface area contributed by atoms with Crippen molar-refractivity contribution < 1.29 is 4.79 Å². The zero-order chi connectivity index (χ0) is 15.9. The second kappa shape index (κ2) is 7.96. The van der Waals surface area contributed by atoms with E-state index in [1.165, 1.54) is 6.20 Å². The van der Waals surface area contributed by atoms with Gasteiger partial charge in [0.2, 0.25) is 5.95 Å². The first kappa shape index (κ1) is 16.5. The summed E-state index contributed by atoms with van der Waals surface area (Å²) in [5.41, 5.74) is 0.797. The maximum absolute atomic E-state index is 12.0. The predicted octanol–water partition coefficient (Wildman–Crippen LogP) is 4.06. The van der Waals surface area contributed by atoms with E-state index in [4.69, 9.17) is 23.2 Å². The number of hydrogen-bond donors (Lipinski definition) is 2. The van der Waals surface area contributed by atoms with E-state index in [2.05, 4.69) is 27.5 Å². The summed E-state index contributed by atoms with van der Waals surface area (Å²) < 4.78 is 0. The Morgan fingerprint density at radius 3 is 2.64 bits per heavy atom. The van der Waals surface area contributed by atoms with Crippen molar-refractivity contribution in [3.05, 3.63) is 46.2 Å². The molecule has 1 aromatic carbocycles. The van der Waals surface area contributed by atoms with E-state index in [0.717, 1.165) is 12.8 Å². The lowest BCUT2D eigenvalue weighted by Gasteiger charge is -2.09. The van der Waals surface area contributed by atoms with Gasteiger partial charge in [0.05, 0.1) is 15.7 Å². The number of hydrogen-bond acceptors (Lipinski definition) is 4. The number of benzene rings is 1. The van der Waals surface area contributed by atoms with Gasteiger partial charge in [-0.1, -0.05) is 42.6 Å². The lowest BCUT2D eigenvalue weighted by Crippen LogP contribution is -2.25. The van der Waals surface area contributed by atoms with Crippen LogP contribution in [0.5, 0.6) is 0 Å². The zero-order valence-electron chi connectivity index (χ0n) is 12.1. The molecule has 2 N–H and O–H groups in total. The Morgan fingerprint density at radius 2 is 1.95 bits per heavy atom. The van der Waals surface area contributed by atoms with Crippen LogP contribution in [0.4, 0.5) is 11.6 Å². The highest BCUT2D eigenvalue weighted by molar-refractivity contribution is 6.39. The molecule has 0 saturated carbocycles. The number of carbonyl (C=O) groups is 1. The van der Waals surface area contributed by atoms with Crippen LogP contribution in [0, 0.1) is 0 Å². The van der Waals surface area contributed by atoms with Gasteiger partial charge < -0.3 is 10.6 Å². The Bertz CT molecular complexity index is 643. The van der Waals surface area contributed by atoms with Crippen molar-refractivity contribution in [1.29, 1.82) is 0 Å². The van der Waals surface area contributed by atoms with Crippen LogP contribution in [0.2, 0.25) is 10.0 Å². The lowest BCUT2D eigenvalue weighted by molar-refractivity contribution is 0.0948. The molecule has 0 fully saturated rings. The third-order valence-electron chi connectivity index (χ3n) is 2.90. The van der Waals surface area contributed by atoms with E-state index in [1.807, 2.05) is 0 Å². The zero-order valence-corrected chi connectivity index (χ0v) is 13.6. The molecule has 7 heteroatoms. The van der Waals surface area contributed by atoms with E-state index in [0.29, 0.717) is 22.3 Å². The number of rotatable bonds is 6. The smallest absolute Gasteiger partial charge is 0.270 e. The third kappa shape index (κ3) is 4.32. The Kier molecular flexibility index (Phi) is 5.98. The highest BCUT2D eigenvalue weighted by atomic mass is 35.5. The van der Waals surface area contributed by atoms with Gasteiger partial charge >= 0.3 is 0 Å². The Hall–Kier alpha value is -1.85. The second-order valence-corrected chi connectivity index (χ2v) is 5.41. The number of nitrogens with zero attached hydrogens (tertiary/aromatic N) is 2. The van der Waals surface area contributed by atoms with Gasteiger partial charge in [0, 0.05) is 12.7 Å². The van der Waals surface area contributed by atoms with Gasteiger partial charge in [-0.05, 0) is 24.6 Å². The Balaban J connectivity index is 2.13. The van der Waals surface area contributed by atoms with Gasteiger partial charge in [-0.25, -0.2) is 9.97 Å². The van der Waals surface area contributed by atoms with Crippen LogP contribution in [-0.4, -0.2) is 22.4 Å². The highest BCUT2D eigenvalue weighted by Crippen LogP contribution is 2.31. The van der Waals surface area contributed by atoms with Crippen LogP contribution >= 0.6 is 23.2 Å². The fourth-order valence-corrected chi connectivity index (χ4v) is 2.24. The summed E-state index contributed by atoms with van der Waals surface area (Å²) in [6.45, 7) is 2.69. The number of halogens is 2. The highest BCUT2D eigenvalue weighted by Gasteiger charge is 2.11. The van der Waals surface area contributed by atoms with E-state index in [1.54, 1.807) is 24.3 Å². The molecular formula is C15H16Cl2N4O. The molecule has 22 heavy (non-hydrogen) atoms. The molecule has 2 aromatic rings. The number of nitrogens with one attached hydrogen (secondary N) is 2. The standard InChI is InChI=1S/C15H16Cl2N4O/c1-2-3-8-18-14(22)12-7-9-19-15(20-12)21-13-10(16)5-4-6-11(13)17/h4-7,9H,2-3,8H2,1H3,(H,18,22)(H,19,20,21). The normalized spacial score (nSPS) is 10.3. The topological polar surface area (TPSA) is 66.9 Å². The van der Waals surface area contributed by atoms with Crippen molar-refractivity contribution in [1.82, 2.24) is 15.3 Å². The molecule has 0 unspecified atom stereocenters. The number of unbranched alkanes of at least 4 members (excludes halogenated alkanes) is 1. The van der Waals surface area contributed by atoms with Crippen LogP contribution in [0.3, 0.4) is 0 Å². The summed E-state index contributed by atoms with van der Waals surface area (Å²) in [6, 6.07) is 6.71. The summed E-state index contributed by atoms with van der Waals surface area (Å²) in [7, 11) is 0. The number of amides is 1. The third-order valence-corrected chi connectivity index (χ3v) is 3.53. The van der Waals surface area contributed by atoms with E-state index < -0.39 is 0 Å². The molecule has 1 aromatic heterocycles. The quantitative estimate of drug-likeness (QED) is 0.779. The summed E-state index contributed by atoms with van der Waals surface area (Å²) >= 11 is 12.2. The summed E-state index contributed by atoms with van der Waals surface area (Å²) in [6.07, 6.45) is 3.45. The molecule has 0 bridgehead atoms. The first-order valence-electron chi connectivity index (χ1n) is 6.94. The van der Waals surface area contributed by atoms with Crippen molar-refractivity contribution in [3.8, 4) is 0 Å². The molecule has 2 rings (SSSR count). The van der Waals surface area contributed by atoms with Gasteiger partial charge in [-0.15, -0.1) is 0 Å². The maximum Gasteiger partial charge on any atom is 0.270 e. The van der Waals surface area contributed by atoms with Crippen LogP contribution in [0.1, 0.15) is 30.3 Å². The van der Waals surface area contributed by atoms with Crippen molar-refractivity contribution in [2.24, 2.45) is 0 Å². The number of carbonyl (C=O) groups excluding carboxylic acids is 1. The molecule has 0 saturated heterocycles. The fourth-order valence-electron chi connectivity index (χ4n) is 1.74. The molecule has 0 radical (unpaired) electrons. The Labute approximate surface area is 139 Å². The minimum atomic E-state index is -0.232. The minimum absolute atomic E-state index is 0.232. The fraction of sp³-hybridized carbons (Fsp3) is 0.267. The molecular weight excluding hydrogens is 323 g/mol. The van der Waals surface area contributed by atoms with E-state index in [-0.39, 0.29) is 17.5 Å². The summed E-state index contributed by atoms with van der Waals surface area (Å²) in [5, 5.41) is 6.65. The molecule has 0 atom stereocenters. The lowest BCUT2D eigenvalue weighted by atomic mass is 10.3. The maximum atomic E-state index is 12.0. The van der Waals surface area contributed by atoms with Crippen LogP contribution < -0.4 is 10.6 Å². The van der Waals surface area contributed by atoms with Crippen molar-refractivity contribution in [2.75, 3.05) is 11.9 Å². The summed E-state index contributed by atoms with van der Waals surface area (Å²) in [4.78, 5) is 20.2. The molecule has 1 heterocycles. The molecule has 0 aliphatic rings.